The van der Waals surface area contributed by atoms with Crippen molar-refractivity contribution in [2.75, 3.05) is 0 Å². The van der Waals surface area contributed by atoms with Crippen LogP contribution in [-0.2, 0) is 0 Å². The van der Waals surface area contributed by atoms with Crippen LogP contribution < -0.4 is 0 Å². The van der Waals surface area contributed by atoms with Gasteiger partial charge in [0.05, 0.1) is 12.4 Å². The molecule has 2 aromatic rings. The first-order chi connectivity index (χ1) is 7.25. The van der Waals surface area contributed by atoms with Crippen molar-refractivity contribution in [1.82, 2.24) is 20.2 Å². The Morgan fingerprint density at radius 3 is 2.67 bits per heavy atom. The molecule has 2 heterocycles. The minimum atomic E-state index is -2.48. The standard InChI is InChI=1S/C7H4F2N4S2/c8-7(9)15-5-2-10-4(1-11-5)6-13-12-3-14-6/h1-3,7H. The Kier molecular flexibility index (Phi) is 3.17. The van der Waals surface area contributed by atoms with E-state index in [1.165, 1.54) is 23.7 Å². The van der Waals surface area contributed by atoms with Gasteiger partial charge in [-0.2, -0.15) is 8.78 Å². The Balaban J connectivity index is 2.17. The Bertz CT molecular complexity index is 417. The first-order valence-electron chi connectivity index (χ1n) is 3.79. The van der Waals surface area contributed by atoms with Crippen molar-refractivity contribution in [1.29, 1.82) is 0 Å². The normalized spacial score (nSPS) is 10.9. The van der Waals surface area contributed by atoms with Crippen LogP contribution in [0.5, 0.6) is 0 Å². The molecule has 2 aromatic heterocycles. The van der Waals surface area contributed by atoms with Crippen molar-refractivity contribution in [2.24, 2.45) is 0 Å². The minimum absolute atomic E-state index is 0.193. The van der Waals surface area contributed by atoms with Crippen molar-refractivity contribution < 1.29 is 8.78 Å². The van der Waals surface area contributed by atoms with Gasteiger partial charge in [0, 0.05) is 0 Å². The van der Waals surface area contributed by atoms with E-state index in [0.29, 0.717) is 22.5 Å². The average Bonchev–Trinajstić information content (AvgIpc) is 2.71. The fraction of sp³-hybridized carbons (Fsp3) is 0.143. The van der Waals surface area contributed by atoms with E-state index in [9.17, 15) is 8.78 Å². The molecule has 0 aromatic carbocycles. The highest BCUT2D eigenvalue weighted by Gasteiger charge is 2.08. The van der Waals surface area contributed by atoms with E-state index in [-0.39, 0.29) is 5.03 Å². The van der Waals surface area contributed by atoms with Crippen LogP contribution in [0.15, 0.2) is 22.9 Å². The topological polar surface area (TPSA) is 51.6 Å². The number of hydrogen-bond donors (Lipinski definition) is 0. The van der Waals surface area contributed by atoms with Gasteiger partial charge in [-0.25, -0.2) is 9.97 Å². The third-order valence-electron chi connectivity index (χ3n) is 1.42. The Morgan fingerprint density at radius 2 is 2.13 bits per heavy atom. The van der Waals surface area contributed by atoms with Gasteiger partial charge in [0.25, 0.3) is 5.76 Å². The van der Waals surface area contributed by atoms with Crippen molar-refractivity contribution in [3.63, 3.8) is 0 Å². The second-order valence-electron chi connectivity index (χ2n) is 2.36. The maximum atomic E-state index is 12.0. The molecule has 4 nitrogen and oxygen atoms in total. The van der Waals surface area contributed by atoms with Gasteiger partial charge in [-0.3, -0.25) is 0 Å². The van der Waals surface area contributed by atoms with Gasteiger partial charge in [0.1, 0.15) is 16.2 Å². The highest BCUT2D eigenvalue weighted by Crippen LogP contribution is 2.24. The molecule has 0 aliphatic rings. The molecular weight excluding hydrogens is 242 g/mol. The molecule has 0 atom stereocenters. The molecule has 0 saturated carbocycles. The molecule has 0 bridgehead atoms. The highest BCUT2D eigenvalue weighted by atomic mass is 32.2. The summed E-state index contributed by atoms with van der Waals surface area (Å²) in [7, 11) is 0. The van der Waals surface area contributed by atoms with Crippen LogP contribution in [0, 0.1) is 0 Å². The predicted molar refractivity (Wildman–Crippen MR) is 52.8 cm³/mol. The molecule has 0 saturated heterocycles. The zero-order valence-corrected chi connectivity index (χ0v) is 8.80. The van der Waals surface area contributed by atoms with E-state index in [1.54, 1.807) is 5.51 Å². The van der Waals surface area contributed by atoms with E-state index in [1.807, 2.05) is 0 Å². The largest absolute Gasteiger partial charge is 0.290 e. The number of halogens is 2. The Hall–Kier alpha value is -1.15. The fourth-order valence-electron chi connectivity index (χ4n) is 0.863. The van der Waals surface area contributed by atoms with Gasteiger partial charge in [-0.05, 0) is 11.8 Å². The summed E-state index contributed by atoms with van der Waals surface area (Å²) in [5, 5.41) is 8.25. The first-order valence-corrected chi connectivity index (χ1v) is 5.55. The lowest BCUT2D eigenvalue weighted by Crippen LogP contribution is -1.89. The number of thioether (sulfide) groups is 1. The first kappa shape index (κ1) is 10.4. The van der Waals surface area contributed by atoms with Crippen molar-refractivity contribution >= 4 is 23.1 Å². The second kappa shape index (κ2) is 4.58. The molecule has 8 heteroatoms. The maximum absolute atomic E-state index is 12.0. The summed E-state index contributed by atoms with van der Waals surface area (Å²) in [4.78, 5) is 7.80. The van der Waals surface area contributed by atoms with E-state index < -0.39 is 5.76 Å². The molecular formula is C7H4F2N4S2. The molecule has 15 heavy (non-hydrogen) atoms. The number of nitrogens with zero attached hydrogens (tertiary/aromatic N) is 4. The maximum Gasteiger partial charge on any atom is 0.290 e. The molecule has 0 fully saturated rings. The van der Waals surface area contributed by atoms with Crippen LogP contribution in [0.2, 0.25) is 0 Å². The summed E-state index contributed by atoms with van der Waals surface area (Å²) in [6.07, 6.45) is 2.71. The van der Waals surface area contributed by atoms with Gasteiger partial charge in [-0.15, -0.1) is 10.2 Å². The summed E-state index contributed by atoms with van der Waals surface area (Å²) in [5.41, 5.74) is 2.11. The summed E-state index contributed by atoms with van der Waals surface area (Å²) in [5.74, 6) is -2.48. The zero-order chi connectivity index (χ0) is 10.7. The lowest BCUT2D eigenvalue weighted by atomic mass is 10.5. The SMILES string of the molecule is FC(F)Sc1cnc(-c2nncs2)cn1. The Labute approximate surface area is 91.8 Å². The monoisotopic (exact) mass is 246 g/mol. The van der Waals surface area contributed by atoms with E-state index in [0.717, 1.165) is 0 Å². The van der Waals surface area contributed by atoms with Crippen molar-refractivity contribution in [3.05, 3.63) is 17.9 Å². The summed E-state index contributed by atoms with van der Waals surface area (Å²) in [6.45, 7) is 0. The zero-order valence-electron chi connectivity index (χ0n) is 7.17. The van der Waals surface area contributed by atoms with Gasteiger partial charge >= 0.3 is 0 Å². The van der Waals surface area contributed by atoms with Crippen LogP contribution in [0.25, 0.3) is 10.7 Å². The van der Waals surface area contributed by atoms with Gasteiger partial charge in [0.15, 0.2) is 5.01 Å². The number of alkyl halides is 2. The molecule has 0 N–H and O–H groups in total. The molecule has 0 unspecified atom stereocenters. The van der Waals surface area contributed by atoms with E-state index in [2.05, 4.69) is 20.2 Å². The molecule has 0 spiro atoms. The lowest BCUT2D eigenvalue weighted by Gasteiger charge is -1.98. The van der Waals surface area contributed by atoms with E-state index in [4.69, 9.17) is 0 Å². The molecule has 0 aliphatic heterocycles. The minimum Gasteiger partial charge on any atom is -0.249 e. The molecule has 0 radical (unpaired) electrons. The van der Waals surface area contributed by atoms with Crippen LogP contribution in [0.1, 0.15) is 0 Å². The van der Waals surface area contributed by atoms with E-state index >= 15 is 0 Å². The van der Waals surface area contributed by atoms with Crippen LogP contribution in [0.4, 0.5) is 8.78 Å². The summed E-state index contributed by atoms with van der Waals surface area (Å²) in [6, 6.07) is 0. The smallest absolute Gasteiger partial charge is 0.249 e. The lowest BCUT2D eigenvalue weighted by molar-refractivity contribution is 0.252. The quantitative estimate of drug-likeness (QED) is 0.778. The Morgan fingerprint density at radius 1 is 1.27 bits per heavy atom. The fourth-order valence-corrected chi connectivity index (χ4v) is 1.79. The second-order valence-corrected chi connectivity index (χ2v) is 4.21. The van der Waals surface area contributed by atoms with Crippen LogP contribution in [0.3, 0.4) is 0 Å². The third-order valence-corrected chi connectivity index (χ3v) is 2.76. The summed E-state index contributed by atoms with van der Waals surface area (Å²) < 4.78 is 23.9. The number of rotatable bonds is 3. The third kappa shape index (κ3) is 2.66. The number of hydrogen-bond acceptors (Lipinski definition) is 6. The highest BCUT2D eigenvalue weighted by molar-refractivity contribution is 7.99. The molecule has 78 valence electrons. The average molecular weight is 246 g/mol. The van der Waals surface area contributed by atoms with Gasteiger partial charge in [0.2, 0.25) is 0 Å². The van der Waals surface area contributed by atoms with Gasteiger partial charge in [-0.1, -0.05) is 11.3 Å². The van der Waals surface area contributed by atoms with Crippen molar-refractivity contribution in [2.45, 2.75) is 10.8 Å². The molecule has 2 rings (SSSR count). The predicted octanol–water partition coefficient (Wildman–Crippen LogP) is 2.31. The van der Waals surface area contributed by atoms with Crippen LogP contribution in [-0.4, -0.2) is 25.9 Å². The number of aromatic nitrogens is 4. The van der Waals surface area contributed by atoms with Crippen molar-refractivity contribution in [3.8, 4) is 10.7 Å². The van der Waals surface area contributed by atoms with Gasteiger partial charge < -0.3 is 0 Å². The van der Waals surface area contributed by atoms with Crippen LogP contribution >= 0.6 is 23.1 Å². The summed E-state index contributed by atoms with van der Waals surface area (Å²) >= 11 is 1.68. The molecule has 0 amide bonds. The molecule has 0 aliphatic carbocycles.